The maximum absolute atomic E-state index is 12.0. The predicted molar refractivity (Wildman–Crippen MR) is 85.3 cm³/mol. The first-order valence-corrected chi connectivity index (χ1v) is 7.72. The van der Waals surface area contributed by atoms with Crippen molar-refractivity contribution < 1.29 is 9.53 Å². The number of nitrogens with zero attached hydrogens (tertiary/aromatic N) is 1. The Morgan fingerprint density at radius 3 is 2.86 bits per heavy atom. The van der Waals surface area contributed by atoms with Gasteiger partial charge in [-0.2, -0.15) is 0 Å². The zero-order chi connectivity index (χ0) is 15.2. The van der Waals surface area contributed by atoms with Crippen molar-refractivity contribution in [2.45, 2.75) is 51.4 Å². The van der Waals surface area contributed by atoms with Crippen LogP contribution in [0.3, 0.4) is 0 Å². The third kappa shape index (κ3) is 5.48. The summed E-state index contributed by atoms with van der Waals surface area (Å²) in [6, 6.07) is 8.02. The number of carbonyl (C=O) groups excluding carboxylic acids is 1. The molecule has 2 rings (SSSR count). The van der Waals surface area contributed by atoms with Gasteiger partial charge in [-0.25, -0.2) is 0 Å². The molecular weight excluding hydrogens is 264 g/mol. The zero-order valence-corrected chi connectivity index (χ0v) is 13.3. The lowest BCUT2D eigenvalue weighted by Crippen LogP contribution is -2.16. The summed E-state index contributed by atoms with van der Waals surface area (Å²) in [5.41, 5.74) is 2.07. The Balaban J connectivity index is 1.79. The first-order valence-electron chi connectivity index (χ1n) is 7.72. The summed E-state index contributed by atoms with van der Waals surface area (Å²) in [5, 5.41) is 2.98. The summed E-state index contributed by atoms with van der Waals surface area (Å²) in [6.07, 6.45) is 4.13. The molecule has 0 unspecified atom stereocenters. The van der Waals surface area contributed by atoms with E-state index in [9.17, 15) is 4.79 Å². The average Bonchev–Trinajstić information content (AvgIpc) is 2.82. The predicted octanol–water partition coefficient (Wildman–Crippen LogP) is 3.03. The van der Waals surface area contributed by atoms with Crippen LogP contribution < -0.4 is 5.32 Å². The maximum Gasteiger partial charge on any atom is 0.224 e. The van der Waals surface area contributed by atoms with Crippen LogP contribution >= 0.6 is 0 Å². The Labute approximate surface area is 127 Å². The fraction of sp³-hybridized carbons (Fsp3) is 0.588. The number of nitrogens with one attached hydrogen (secondary N) is 1. The molecule has 1 aliphatic heterocycles. The van der Waals surface area contributed by atoms with Crippen molar-refractivity contribution in [2.75, 3.05) is 19.4 Å². The molecule has 0 saturated carbocycles. The van der Waals surface area contributed by atoms with E-state index < -0.39 is 0 Å². The van der Waals surface area contributed by atoms with Crippen LogP contribution in [0.1, 0.15) is 38.2 Å². The highest BCUT2D eigenvalue weighted by Gasteiger charge is 2.22. The molecule has 2 atom stereocenters. The Hall–Kier alpha value is -1.39. The number of anilines is 1. The van der Waals surface area contributed by atoms with Crippen LogP contribution in [0.15, 0.2) is 24.3 Å². The Morgan fingerprint density at radius 2 is 2.19 bits per heavy atom. The highest BCUT2D eigenvalue weighted by atomic mass is 16.5. The standard InChI is InChI=1S/C17H26N2O2/c1-13-7-8-16(21-13)9-10-17(20)18-15-6-4-5-14(11-15)12-19(2)3/h4-6,11,13,16H,7-10,12H2,1-3H3,(H,18,20)/t13-,16-/m1/s1. The number of ether oxygens (including phenoxy) is 1. The Bertz CT molecular complexity index is 474. The zero-order valence-electron chi connectivity index (χ0n) is 13.3. The number of hydrogen-bond donors (Lipinski definition) is 1. The van der Waals surface area contributed by atoms with Gasteiger partial charge < -0.3 is 15.0 Å². The summed E-state index contributed by atoms with van der Waals surface area (Å²) in [7, 11) is 4.07. The molecule has 1 heterocycles. The molecule has 4 heteroatoms. The molecule has 1 aliphatic rings. The van der Waals surface area contributed by atoms with E-state index in [-0.39, 0.29) is 12.0 Å². The molecule has 1 amide bonds. The van der Waals surface area contributed by atoms with Gasteiger partial charge in [-0.05, 0) is 58.0 Å². The van der Waals surface area contributed by atoms with E-state index in [2.05, 4.69) is 23.2 Å². The summed E-state index contributed by atoms with van der Waals surface area (Å²) in [6.45, 7) is 2.97. The van der Waals surface area contributed by atoms with Gasteiger partial charge in [-0.1, -0.05) is 12.1 Å². The molecule has 4 nitrogen and oxygen atoms in total. The van der Waals surface area contributed by atoms with Gasteiger partial charge in [-0.15, -0.1) is 0 Å². The summed E-state index contributed by atoms with van der Waals surface area (Å²) < 4.78 is 5.74. The van der Waals surface area contributed by atoms with E-state index in [1.807, 2.05) is 32.3 Å². The van der Waals surface area contributed by atoms with Gasteiger partial charge >= 0.3 is 0 Å². The fourth-order valence-corrected chi connectivity index (χ4v) is 2.73. The van der Waals surface area contributed by atoms with Crippen LogP contribution in [-0.2, 0) is 16.1 Å². The van der Waals surface area contributed by atoms with Crippen molar-refractivity contribution in [1.82, 2.24) is 4.90 Å². The fourth-order valence-electron chi connectivity index (χ4n) is 2.73. The minimum absolute atomic E-state index is 0.0696. The van der Waals surface area contributed by atoms with E-state index >= 15 is 0 Å². The van der Waals surface area contributed by atoms with Crippen molar-refractivity contribution in [2.24, 2.45) is 0 Å². The van der Waals surface area contributed by atoms with E-state index in [4.69, 9.17) is 4.74 Å². The van der Waals surface area contributed by atoms with Crippen LogP contribution in [-0.4, -0.2) is 37.1 Å². The second-order valence-electron chi connectivity index (χ2n) is 6.17. The molecule has 21 heavy (non-hydrogen) atoms. The quantitative estimate of drug-likeness (QED) is 0.875. The van der Waals surface area contributed by atoms with Crippen molar-refractivity contribution >= 4 is 11.6 Å². The second-order valence-corrected chi connectivity index (χ2v) is 6.17. The number of carbonyl (C=O) groups is 1. The molecule has 1 aromatic carbocycles. The minimum atomic E-state index is 0.0696. The molecule has 1 saturated heterocycles. The number of benzene rings is 1. The highest BCUT2D eigenvalue weighted by molar-refractivity contribution is 5.90. The maximum atomic E-state index is 12.0. The number of amides is 1. The molecule has 0 radical (unpaired) electrons. The largest absolute Gasteiger partial charge is 0.375 e. The van der Waals surface area contributed by atoms with Gasteiger partial charge in [0.2, 0.25) is 5.91 Å². The minimum Gasteiger partial charge on any atom is -0.375 e. The van der Waals surface area contributed by atoms with Crippen LogP contribution in [0.2, 0.25) is 0 Å². The van der Waals surface area contributed by atoms with E-state index in [1.54, 1.807) is 0 Å². The first-order chi connectivity index (χ1) is 10.0. The van der Waals surface area contributed by atoms with Crippen LogP contribution in [0.5, 0.6) is 0 Å². The summed E-state index contributed by atoms with van der Waals surface area (Å²) >= 11 is 0. The molecule has 1 fully saturated rings. The highest BCUT2D eigenvalue weighted by Crippen LogP contribution is 2.22. The molecule has 1 aromatic rings. The van der Waals surface area contributed by atoms with Gasteiger partial charge in [-0.3, -0.25) is 4.79 Å². The summed E-state index contributed by atoms with van der Waals surface area (Å²) in [4.78, 5) is 14.1. The molecule has 0 bridgehead atoms. The van der Waals surface area contributed by atoms with Crippen LogP contribution in [0.25, 0.3) is 0 Å². The first kappa shape index (κ1) is 16.0. The van der Waals surface area contributed by atoms with Gasteiger partial charge in [0, 0.05) is 18.7 Å². The second kappa shape index (κ2) is 7.57. The van der Waals surface area contributed by atoms with Gasteiger partial charge in [0.25, 0.3) is 0 Å². The van der Waals surface area contributed by atoms with Crippen molar-refractivity contribution in [1.29, 1.82) is 0 Å². The average molecular weight is 290 g/mol. The van der Waals surface area contributed by atoms with Gasteiger partial charge in [0.15, 0.2) is 0 Å². The molecule has 0 aliphatic carbocycles. The smallest absolute Gasteiger partial charge is 0.224 e. The number of rotatable bonds is 6. The topological polar surface area (TPSA) is 41.6 Å². The van der Waals surface area contributed by atoms with Crippen LogP contribution in [0.4, 0.5) is 5.69 Å². The molecule has 116 valence electrons. The molecular formula is C17H26N2O2. The monoisotopic (exact) mass is 290 g/mol. The SMILES string of the molecule is C[C@@H]1CC[C@H](CCC(=O)Nc2cccc(CN(C)C)c2)O1. The van der Waals surface area contributed by atoms with Crippen molar-refractivity contribution in [3.05, 3.63) is 29.8 Å². The van der Waals surface area contributed by atoms with E-state index in [0.29, 0.717) is 12.5 Å². The van der Waals surface area contributed by atoms with Gasteiger partial charge in [0.05, 0.1) is 12.2 Å². The Morgan fingerprint density at radius 1 is 1.38 bits per heavy atom. The lowest BCUT2D eigenvalue weighted by molar-refractivity contribution is -0.116. The molecule has 1 N–H and O–H groups in total. The third-order valence-electron chi connectivity index (χ3n) is 3.72. The molecule has 0 spiro atoms. The normalized spacial score (nSPS) is 21.7. The Kier molecular flexibility index (Phi) is 5.76. The van der Waals surface area contributed by atoms with Crippen molar-refractivity contribution in [3.8, 4) is 0 Å². The van der Waals surface area contributed by atoms with Gasteiger partial charge in [0.1, 0.15) is 0 Å². The van der Waals surface area contributed by atoms with E-state index in [1.165, 1.54) is 5.56 Å². The number of hydrogen-bond acceptors (Lipinski definition) is 3. The van der Waals surface area contributed by atoms with Crippen LogP contribution in [0, 0.1) is 0 Å². The third-order valence-corrected chi connectivity index (χ3v) is 3.72. The van der Waals surface area contributed by atoms with Crippen molar-refractivity contribution in [3.63, 3.8) is 0 Å². The van der Waals surface area contributed by atoms with E-state index in [0.717, 1.165) is 31.5 Å². The summed E-state index contributed by atoms with van der Waals surface area (Å²) in [5.74, 6) is 0.0696. The molecule has 0 aromatic heterocycles. The lowest BCUT2D eigenvalue weighted by atomic mass is 10.1. The lowest BCUT2D eigenvalue weighted by Gasteiger charge is -2.13.